The van der Waals surface area contributed by atoms with Crippen molar-refractivity contribution in [1.82, 2.24) is 5.43 Å². The van der Waals surface area contributed by atoms with Gasteiger partial charge in [-0.3, -0.25) is 9.10 Å². The van der Waals surface area contributed by atoms with Crippen LogP contribution in [0, 0.1) is 6.92 Å². The summed E-state index contributed by atoms with van der Waals surface area (Å²) in [6.07, 6.45) is 1.38. The van der Waals surface area contributed by atoms with E-state index < -0.39 is 22.5 Å². The predicted molar refractivity (Wildman–Crippen MR) is 139 cm³/mol. The molecule has 1 N–H and O–H groups in total. The number of halogens is 1. The molecular formula is C25H26ClN3O6S. The lowest BCUT2D eigenvalue weighted by atomic mass is 10.2. The van der Waals surface area contributed by atoms with E-state index >= 15 is 0 Å². The number of hydrazone groups is 1. The Morgan fingerprint density at radius 3 is 2.25 bits per heavy atom. The fourth-order valence-electron chi connectivity index (χ4n) is 3.24. The minimum absolute atomic E-state index is 0.0254. The van der Waals surface area contributed by atoms with Crippen molar-refractivity contribution >= 4 is 39.4 Å². The van der Waals surface area contributed by atoms with E-state index in [2.05, 4.69) is 10.5 Å². The van der Waals surface area contributed by atoms with Crippen molar-refractivity contribution < 1.29 is 27.4 Å². The van der Waals surface area contributed by atoms with Gasteiger partial charge in [-0.15, -0.1) is 0 Å². The highest BCUT2D eigenvalue weighted by molar-refractivity contribution is 7.92. The molecule has 3 aromatic rings. The molecule has 0 aliphatic carbocycles. The van der Waals surface area contributed by atoms with Crippen molar-refractivity contribution in [3.05, 3.63) is 76.8 Å². The number of rotatable bonds is 10. The zero-order valence-electron chi connectivity index (χ0n) is 20.2. The SMILES string of the molecule is COc1ccc(OC)c(/C=N\NC(=O)CN(c2ccc(OC)c(Cl)c2)S(=O)(=O)c2ccc(C)cc2)c1. The molecule has 0 aliphatic rings. The topological polar surface area (TPSA) is 107 Å². The van der Waals surface area contributed by atoms with E-state index in [1.165, 1.54) is 57.9 Å². The van der Waals surface area contributed by atoms with Gasteiger partial charge < -0.3 is 14.2 Å². The number of hydrogen-bond acceptors (Lipinski definition) is 7. The monoisotopic (exact) mass is 531 g/mol. The summed E-state index contributed by atoms with van der Waals surface area (Å²) in [5, 5.41) is 4.15. The fraction of sp³-hybridized carbons (Fsp3) is 0.200. The maximum atomic E-state index is 13.5. The highest BCUT2D eigenvalue weighted by Crippen LogP contribution is 2.32. The molecule has 36 heavy (non-hydrogen) atoms. The molecule has 0 radical (unpaired) electrons. The first kappa shape index (κ1) is 26.8. The number of aryl methyl sites for hydroxylation is 1. The molecule has 0 fully saturated rings. The van der Waals surface area contributed by atoms with Crippen LogP contribution in [0.1, 0.15) is 11.1 Å². The summed E-state index contributed by atoms with van der Waals surface area (Å²) in [7, 11) is 0.367. The summed E-state index contributed by atoms with van der Waals surface area (Å²) in [6.45, 7) is 1.30. The average Bonchev–Trinajstić information content (AvgIpc) is 2.87. The first-order chi connectivity index (χ1) is 17.2. The lowest BCUT2D eigenvalue weighted by molar-refractivity contribution is -0.119. The largest absolute Gasteiger partial charge is 0.497 e. The molecule has 1 amide bonds. The Bertz CT molecular complexity index is 1360. The van der Waals surface area contributed by atoms with Gasteiger partial charge in [-0.1, -0.05) is 29.3 Å². The molecule has 0 spiro atoms. The van der Waals surface area contributed by atoms with Gasteiger partial charge >= 0.3 is 0 Å². The number of amides is 1. The van der Waals surface area contributed by atoms with E-state index in [-0.39, 0.29) is 15.6 Å². The zero-order chi connectivity index (χ0) is 26.3. The van der Waals surface area contributed by atoms with Crippen LogP contribution in [0.5, 0.6) is 17.2 Å². The van der Waals surface area contributed by atoms with Gasteiger partial charge in [-0.25, -0.2) is 13.8 Å². The van der Waals surface area contributed by atoms with Crippen LogP contribution < -0.4 is 23.9 Å². The summed E-state index contributed by atoms with van der Waals surface area (Å²) in [5.41, 5.74) is 4.01. The lowest BCUT2D eigenvalue weighted by Crippen LogP contribution is -2.39. The van der Waals surface area contributed by atoms with Crippen molar-refractivity contribution in [1.29, 1.82) is 0 Å². The van der Waals surface area contributed by atoms with Crippen molar-refractivity contribution in [2.45, 2.75) is 11.8 Å². The number of nitrogens with one attached hydrogen (secondary N) is 1. The van der Waals surface area contributed by atoms with E-state index in [9.17, 15) is 13.2 Å². The Morgan fingerprint density at radius 1 is 0.972 bits per heavy atom. The standard InChI is InChI=1S/C25H26ClN3O6S/c1-17-5-9-21(10-6-17)36(31,32)29(19-7-11-24(35-4)22(26)14-19)16-25(30)28-27-15-18-13-20(33-2)8-12-23(18)34-3/h5-15H,16H2,1-4H3,(H,28,30)/b27-15-. The quantitative estimate of drug-likeness (QED) is 0.313. The number of anilines is 1. The Balaban J connectivity index is 1.89. The Labute approximate surface area is 215 Å². The number of hydrogen-bond donors (Lipinski definition) is 1. The van der Waals surface area contributed by atoms with E-state index in [4.69, 9.17) is 25.8 Å². The summed E-state index contributed by atoms with van der Waals surface area (Å²) in [5.74, 6) is 0.797. The fourth-order valence-corrected chi connectivity index (χ4v) is 4.91. The van der Waals surface area contributed by atoms with Crippen LogP contribution in [-0.2, 0) is 14.8 Å². The van der Waals surface area contributed by atoms with E-state index in [1.807, 2.05) is 6.92 Å². The van der Waals surface area contributed by atoms with Gasteiger partial charge in [0.05, 0.1) is 43.1 Å². The van der Waals surface area contributed by atoms with Gasteiger partial charge in [-0.05, 0) is 55.5 Å². The smallest absolute Gasteiger partial charge is 0.264 e. The second-order valence-electron chi connectivity index (χ2n) is 7.54. The Morgan fingerprint density at radius 2 is 1.64 bits per heavy atom. The van der Waals surface area contributed by atoms with E-state index in [0.717, 1.165) is 9.87 Å². The lowest BCUT2D eigenvalue weighted by Gasteiger charge is -2.24. The van der Waals surface area contributed by atoms with Crippen LogP contribution in [-0.4, -0.2) is 48.4 Å². The number of sulfonamides is 1. The molecular weight excluding hydrogens is 506 g/mol. The maximum absolute atomic E-state index is 13.5. The third-order valence-electron chi connectivity index (χ3n) is 5.15. The van der Waals surface area contributed by atoms with Crippen LogP contribution in [0.15, 0.2) is 70.7 Å². The zero-order valence-corrected chi connectivity index (χ0v) is 21.8. The second kappa shape index (κ2) is 11.8. The summed E-state index contributed by atoms with van der Waals surface area (Å²) < 4.78 is 43.6. The van der Waals surface area contributed by atoms with Crippen molar-refractivity contribution in [3.8, 4) is 17.2 Å². The number of carbonyl (C=O) groups excluding carboxylic acids is 1. The van der Waals surface area contributed by atoms with Gasteiger partial charge in [0.25, 0.3) is 15.9 Å². The molecule has 9 nitrogen and oxygen atoms in total. The van der Waals surface area contributed by atoms with Gasteiger partial charge in [0.2, 0.25) is 0 Å². The van der Waals surface area contributed by atoms with Gasteiger partial charge in [-0.2, -0.15) is 5.10 Å². The number of carbonyl (C=O) groups is 1. The molecule has 0 aromatic heterocycles. The van der Waals surface area contributed by atoms with E-state index in [1.54, 1.807) is 30.3 Å². The number of ether oxygens (including phenoxy) is 3. The molecule has 0 atom stereocenters. The summed E-state index contributed by atoms with van der Waals surface area (Å²) in [4.78, 5) is 12.8. The molecule has 0 heterocycles. The number of benzene rings is 3. The normalized spacial score (nSPS) is 11.2. The molecule has 0 unspecified atom stereocenters. The molecule has 11 heteroatoms. The third-order valence-corrected chi connectivity index (χ3v) is 7.23. The first-order valence-electron chi connectivity index (χ1n) is 10.7. The van der Waals surface area contributed by atoms with Crippen molar-refractivity contribution in [2.24, 2.45) is 5.10 Å². The molecule has 0 saturated heterocycles. The van der Waals surface area contributed by atoms with Crippen molar-refractivity contribution in [2.75, 3.05) is 32.2 Å². The van der Waals surface area contributed by atoms with Crippen LogP contribution in [0.3, 0.4) is 0 Å². The summed E-state index contributed by atoms with van der Waals surface area (Å²) in [6, 6.07) is 15.9. The third kappa shape index (κ3) is 6.27. The second-order valence-corrected chi connectivity index (χ2v) is 9.81. The van der Waals surface area contributed by atoms with Gasteiger partial charge in [0, 0.05) is 5.56 Å². The van der Waals surface area contributed by atoms with Crippen LogP contribution in [0.2, 0.25) is 5.02 Å². The highest BCUT2D eigenvalue weighted by Gasteiger charge is 2.28. The van der Waals surface area contributed by atoms with Crippen LogP contribution >= 0.6 is 11.6 Å². The molecule has 0 aliphatic heterocycles. The van der Waals surface area contributed by atoms with Gasteiger partial charge in [0.15, 0.2) is 0 Å². The Hall–Kier alpha value is -3.76. The first-order valence-corrected chi connectivity index (χ1v) is 12.5. The minimum atomic E-state index is -4.11. The average molecular weight is 532 g/mol. The summed E-state index contributed by atoms with van der Waals surface area (Å²) >= 11 is 6.24. The molecule has 3 rings (SSSR count). The predicted octanol–water partition coefficient (Wildman–Crippen LogP) is 4.02. The molecule has 190 valence electrons. The van der Waals surface area contributed by atoms with E-state index in [0.29, 0.717) is 22.8 Å². The minimum Gasteiger partial charge on any atom is -0.497 e. The van der Waals surface area contributed by atoms with Gasteiger partial charge in [0.1, 0.15) is 23.8 Å². The van der Waals surface area contributed by atoms with Crippen LogP contribution in [0.25, 0.3) is 0 Å². The number of nitrogens with zero attached hydrogens (tertiary/aromatic N) is 2. The molecule has 0 bridgehead atoms. The number of methoxy groups -OCH3 is 3. The van der Waals surface area contributed by atoms with Crippen molar-refractivity contribution in [3.63, 3.8) is 0 Å². The molecule has 0 saturated carbocycles. The highest BCUT2D eigenvalue weighted by atomic mass is 35.5. The van der Waals surface area contributed by atoms with Crippen LogP contribution in [0.4, 0.5) is 5.69 Å². The molecule has 3 aromatic carbocycles. The Kier molecular flexibility index (Phi) is 8.78. The maximum Gasteiger partial charge on any atom is 0.264 e.